The van der Waals surface area contributed by atoms with E-state index in [4.69, 9.17) is 9.72 Å². The molecule has 0 saturated heterocycles. The van der Waals surface area contributed by atoms with Crippen LogP contribution in [-0.4, -0.2) is 50.0 Å². The first-order valence-corrected chi connectivity index (χ1v) is 10.0. The van der Waals surface area contributed by atoms with Crippen molar-refractivity contribution in [3.05, 3.63) is 72.1 Å². The van der Waals surface area contributed by atoms with Gasteiger partial charge in [0.05, 0.1) is 24.0 Å². The van der Waals surface area contributed by atoms with Gasteiger partial charge >= 0.3 is 0 Å². The maximum Gasteiger partial charge on any atom is 0.251 e. The lowest BCUT2D eigenvalue weighted by Crippen LogP contribution is -2.47. The zero-order valence-electron chi connectivity index (χ0n) is 16.8. The quantitative estimate of drug-likeness (QED) is 0.650. The average Bonchev–Trinajstić information content (AvgIpc) is 3.20. The molecule has 1 aromatic carbocycles. The van der Waals surface area contributed by atoms with E-state index in [-0.39, 0.29) is 17.9 Å². The summed E-state index contributed by atoms with van der Waals surface area (Å²) in [5.41, 5.74) is 1.39. The smallest absolute Gasteiger partial charge is 0.251 e. The Morgan fingerprint density at radius 2 is 2.07 bits per heavy atom. The molecule has 2 heterocycles. The maximum atomic E-state index is 12.6. The molecule has 0 radical (unpaired) electrons. The van der Waals surface area contributed by atoms with Gasteiger partial charge in [-0.05, 0) is 43.5 Å². The number of aliphatic hydroxyl groups is 1. The van der Waals surface area contributed by atoms with Gasteiger partial charge in [-0.3, -0.25) is 9.78 Å². The van der Waals surface area contributed by atoms with E-state index in [1.807, 2.05) is 30.3 Å². The van der Waals surface area contributed by atoms with Crippen molar-refractivity contribution in [1.29, 1.82) is 0 Å². The number of aromatic nitrogens is 4. The van der Waals surface area contributed by atoms with Gasteiger partial charge in [-0.25, -0.2) is 9.67 Å². The van der Waals surface area contributed by atoms with E-state index < -0.39 is 6.10 Å². The molecule has 2 aromatic heterocycles. The van der Waals surface area contributed by atoms with Crippen molar-refractivity contribution in [1.82, 2.24) is 25.1 Å². The predicted molar refractivity (Wildman–Crippen MR) is 110 cm³/mol. The number of carbonyl (C=O) groups excluding carboxylic acids is 1. The molecular weight excluding hydrogens is 382 g/mol. The van der Waals surface area contributed by atoms with Crippen molar-refractivity contribution in [2.45, 2.75) is 43.9 Å². The number of benzene rings is 1. The molecule has 8 nitrogen and oxygen atoms in total. The molecule has 0 spiro atoms. The number of hydrogen-bond donors (Lipinski definition) is 2. The van der Waals surface area contributed by atoms with Gasteiger partial charge in [0.2, 0.25) is 0 Å². The van der Waals surface area contributed by atoms with Gasteiger partial charge in [0.15, 0.2) is 5.82 Å². The zero-order chi connectivity index (χ0) is 20.9. The minimum absolute atomic E-state index is 0.0350. The summed E-state index contributed by atoms with van der Waals surface area (Å²) in [5.74, 6) is 1.23. The van der Waals surface area contributed by atoms with E-state index >= 15 is 0 Å². The molecule has 0 unspecified atom stereocenters. The average molecular weight is 407 g/mol. The molecule has 8 heteroatoms. The molecule has 0 aliphatic heterocycles. The Hall–Kier alpha value is -3.10. The predicted octanol–water partition coefficient (Wildman–Crippen LogP) is 2.24. The highest BCUT2D eigenvalue weighted by Gasteiger charge is 2.34. The molecule has 1 amide bonds. The first-order chi connectivity index (χ1) is 14.7. The van der Waals surface area contributed by atoms with E-state index in [1.165, 1.54) is 0 Å². The largest absolute Gasteiger partial charge is 0.391 e. The molecule has 3 atom stereocenters. The second kappa shape index (κ2) is 9.15. The van der Waals surface area contributed by atoms with Crippen LogP contribution in [-0.2, 0) is 11.3 Å². The van der Waals surface area contributed by atoms with Crippen LogP contribution in [0.15, 0.2) is 54.9 Å². The summed E-state index contributed by atoms with van der Waals surface area (Å²) in [6, 6.07) is 12.5. The van der Waals surface area contributed by atoms with E-state index in [0.29, 0.717) is 30.8 Å². The fourth-order valence-corrected chi connectivity index (χ4v) is 3.88. The third-order valence-corrected chi connectivity index (χ3v) is 5.37. The number of hydrogen-bond acceptors (Lipinski definition) is 6. The van der Waals surface area contributed by atoms with Crippen molar-refractivity contribution in [2.24, 2.45) is 0 Å². The number of rotatable bonds is 6. The van der Waals surface area contributed by atoms with Crippen LogP contribution in [0.1, 0.15) is 47.2 Å². The zero-order valence-corrected chi connectivity index (χ0v) is 16.8. The van der Waals surface area contributed by atoms with Gasteiger partial charge in [-0.2, -0.15) is 0 Å². The van der Waals surface area contributed by atoms with Gasteiger partial charge in [0, 0.05) is 24.8 Å². The summed E-state index contributed by atoms with van der Waals surface area (Å²) >= 11 is 0. The van der Waals surface area contributed by atoms with Crippen LogP contribution in [0.2, 0.25) is 0 Å². The molecule has 0 bridgehead atoms. The van der Waals surface area contributed by atoms with E-state index in [0.717, 1.165) is 17.9 Å². The molecule has 3 aromatic rings. The highest BCUT2D eigenvalue weighted by Crippen LogP contribution is 2.33. The number of nitrogens with one attached hydrogen (secondary N) is 1. The SMILES string of the molecule is COCc1nc([C@H]2CC[C@@H](O)[C@H](NC(=O)c3ccccc3)C2)n(-c2cccnc2)n1. The Kier molecular flexibility index (Phi) is 6.15. The fraction of sp³-hybridized carbons (Fsp3) is 0.364. The van der Waals surface area contributed by atoms with Crippen LogP contribution in [0, 0.1) is 0 Å². The minimum atomic E-state index is -0.595. The number of carbonyl (C=O) groups is 1. The topological polar surface area (TPSA) is 102 Å². The first kappa shape index (κ1) is 20.2. The van der Waals surface area contributed by atoms with Gasteiger partial charge in [0.25, 0.3) is 5.91 Å². The Balaban J connectivity index is 1.57. The summed E-state index contributed by atoms with van der Waals surface area (Å²) in [7, 11) is 1.61. The Bertz CT molecular complexity index is 977. The number of aliphatic hydroxyl groups excluding tert-OH is 1. The van der Waals surface area contributed by atoms with Gasteiger partial charge in [-0.1, -0.05) is 18.2 Å². The summed E-state index contributed by atoms with van der Waals surface area (Å²) in [5, 5.41) is 18.1. The molecule has 1 aliphatic rings. The Labute approximate surface area is 174 Å². The molecular formula is C22H25N5O3. The van der Waals surface area contributed by atoms with Crippen molar-refractivity contribution in [3.63, 3.8) is 0 Å². The second-order valence-electron chi connectivity index (χ2n) is 7.47. The van der Waals surface area contributed by atoms with Gasteiger partial charge in [0.1, 0.15) is 12.4 Å². The van der Waals surface area contributed by atoms with Crippen LogP contribution in [0.4, 0.5) is 0 Å². The van der Waals surface area contributed by atoms with Crippen molar-refractivity contribution in [2.75, 3.05) is 7.11 Å². The van der Waals surface area contributed by atoms with Gasteiger partial charge < -0.3 is 15.2 Å². The van der Waals surface area contributed by atoms with Crippen LogP contribution in [0.3, 0.4) is 0 Å². The van der Waals surface area contributed by atoms with Crippen LogP contribution in [0.25, 0.3) is 5.69 Å². The lowest BCUT2D eigenvalue weighted by molar-refractivity contribution is 0.0670. The first-order valence-electron chi connectivity index (χ1n) is 10.0. The van der Waals surface area contributed by atoms with Crippen molar-refractivity contribution in [3.8, 4) is 5.69 Å². The summed E-state index contributed by atoms with van der Waals surface area (Å²) < 4.78 is 7.00. The van der Waals surface area contributed by atoms with Crippen LogP contribution in [0.5, 0.6) is 0 Å². The Morgan fingerprint density at radius 1 is 1.23 bits per heavy atom. The Morgan fingerprint density at radius 3 is 2.80 bits per heavy atom. The number of nitrogens with zero attached hydrogens (tertiary/aromatic N) is 4. The maximum absolute atomic E-state index is 12.6. The highest BCUT2D eigenvalue weighted by atomic mass is 16.5. The monoisotopic (exact) mass is 407 g/mol. The molecule has 1 fully saturated rings. The standard InChI is InChI=1S/C22H25N5O3/c1-30-14-20-25-21(27(26-20)17-8-5-11-23-13-17)16-9-10-19(28)18(12-16)24-22(29)15-6-3-2-4-7-15/h2-8,11,13,16,18-19,28H,9-10,12,14H2,1H3,(H,24,29)/t16-,18+,19+/m0/s1. The summed E-state index contributed by atoms with van der Waals surface area (Å²) in [6.45, 7) is 0.309. The molecule has 4 rings (SSSR count). The molecule has 156 valence electrons. The van der Waals surface area contributed by atoms with E-state index in [2.05, 4.69) is 15.4 Å². The van der Waals surface area contributed by atoms with Crippen molar-refractivity contribution >= 4 is 5.91 Å². The normalized spacial score (nSPS) is 21.3. The van der Waals surface area contributed by atoms with E-state index in [9.17, 15) is 9.90 Å². The minimum Gasteiger partial charge on any atom is -0.391 e. The lowest BCUT2D eigenvalue weighted by atomic mass is 9.83. The van der Waals surface area contributed by atoms with Gasteiger partial charge in [-0.15, -0.1) is 5.10 Å². The van der Waals surface area contributed by atoms with Crippen LogP contribution >= 0.6 is 0 Å². The summed E-state index contributed by atoms with van der Waals surface area (Å²) in [6.07, 6.45) is 4.75. The number of ether oxygens (including phenoxy) is 1. The lowest BCUT2D eigenvalue weighted by Gasteiger charge is -2.33. The number of amides is 1. The third-order valence-electron chi connectivity index (χ3n) is 5.37. The third kappa shape index (κ3) is 4.39. The fourth-order valence-electron chi connectivity index (χ4n) is 3.88. The molecule has 2 N–H and O–H groups in total. The molecule has 1 saturated carbocycles. The van der Waals surface area contributed by atoms with Crippen LogP contribution < -0.4 is 5.32 Å². The summed E-state index contributed by atoms with van der Waals surface area (Å²) in [4.78, 5) is 21.5. The van der Waals surface area contributed by atoms with E-state index in [1.54, 1.807) is 36.3 Å². The molecule has 30 heavy (non-hydrogen) atoms. The second-order valence-corrected chi connectivity index (χ2v) is 7.47. The highest BCUT2D eigenvalue weighted by molar-refractivity contribution is 5.94. The number of pyridine rings is 1. The van der Waals surface area contributed by atoms with Crippen molar-refractivity contribution < 1.29 is 14.6 Å². The molecule has 1 aliphatic carbocycles. The number of methoxy groups -OCH3 is 1.